The van der Waals surface area contributed by atoms with Gasteiger partial charge in [-0.3, -0.25) is 0 Å². The van der Waals surface area contributed by atoms with Crippen LogP contribution in [0.4, 0.5) is 0 Å². The number of aliphatic hydroxyl groups is 1. The summed E-state index contributed by atoms with van der Waals surface area (Å²) >= 11 is 0. The summed E-state index contributed by atoms with van der Waals surface area (Å²) in [6.45, 7) is 10.7. The zero-order valence-corrected chi connectivity index (χ0v) is 9.34. The van der Waals surface area contributed by atoms with Gasteiger partial charge in [0.25, 0.3) is 0 Å². The van der Waals surface area contributed by atoms with Gasteiger partial charge in [0.05, 0.1) is 6.61 Å². The second kappa shape index (κ2) is 7.14. The van der Waals surface area contributed by atoms with E-state index < -0.39 is 0 Å². The Kier molecular flexibility index (Phi) is 6.97. The van der Waals surface area contributed by atoms with E-state index in [1.165, 1.54) is 19.3 Å². The molecule has 0 aromatic heterocycles. The van der Waals surface area contributed by atoms with E-state index in [4.69, 9.17) is 5.11 Å². The molecule has 0 bridgehead atoms. The molecule has 0 aliphatic heterocycles. The van der Waals surface area contributed by atoms with E-state index in [1.54, 1.807) is 0 Å². The predicted molar refractivity (Wildman–Crippen MR) is 58.7 cm³/mol. The van der Waals surface area contributed by atoms with Crippen molar-refractivity contribution < 1.29 is 5.11 Å². The molecule has 0 aromatic rings. The maximum Gasteiger partial charge on any atom is 0.0639 e. The molecule has 0 spiro atoms. The summed E-state index contributed by atoms with van der Waals surface area (Å²) in [5.74, 6) is 1.48. The lowest BCUT2D eigenvalue weighted by Crippen LogP contribution is -2.05. The van der Waals surface area contributed by atoms with E-state index in [2.05, 4.69) is 27.4 Å². The molecule has 1 heteroatoms. The first-order valence-corrected chi connectivity index (χ1v) is 5.37. The average Bonchev–Trinajstić information content (AvgIpc) is 2.04. The number of hydrogen-bond donors (Lipinski definition) is 1. The number of rotatable bonds is 7. The summed E-state index contributed by atoms with van der Waals surface area (Å²) in [4.78, 5) is 0. The summed E-state index contributed by atoms with van der Waals surface area (Å²) in [6, 6.07) is 0. The van der Waals surface area contributed by atoms with Crippen molar-refractivity contribution in [2.45, 2.75) is 46.5 Å². The van der Waals surface area contributed by atoms with E-state index in [9.17, 15) is 0 Å². The molecule has 0 saturated heterocycles. The number of hydrogen-bond acceptors (Lipinski definition) is 1. The third-order valence-corrected chi connectivity index (χ3v) is 2.45. The van der Waals surface area contributed by atoms with Crippen molar-refractivity contribution >= 4 is 0 Å². The maximum atomic E-state index is 8.82. The topological polar surface area (TPSA) is 20.2 Å². The summed E-state index contributed by atoms with van der Waals surface area (Å²) in [5, 5.41) is 8.82. The van der Waals surface area contributed by atoms with Gasteiger partial charge in [-0.25, -0.2) is 0 Å². The molecule has 0 amide bonds. The highest BCUT2D eigenvalue weighted by atomic mass is 16.3. The monoisotopic (exact) mass is 184 g/mol. The highest BCUT2D eigenvalue weighted by Gasteiger charge is 2.08. The van der Waals surface area contributed by atoms with Gasteiger partial charge in [0.15, 0.2) is 0 Å². The third kappa shape index (κ3) is 6.83. The van der Waals surface area contributed by atoms with Gasteiger partial charge in [-0.2, -0.15) is 0 Å². The van der Waals surface area contributed by atoms with Gasteiger partial charge in [0.1, 0.15) is 0 Å². The van der Waals surface area contributed by atoms with E-state index in [0.29, 0.717) is 5.92 Å². The Balaban J connectivity index is 3.60. The molecule has 1 N–H and O–H groups in total. The van der Waals surface area contributed by atoms with Crippen molar-refractivity contribution in [3.05, 3.63) is 12.2 Å². The van der Waals surface area contributed by atoms with Crippen molar-refractivity contribution in [3.63, 3.8) is 0 Å². The van der Waals surface area contributed by atoms with E-state index >= 15 is 0 Å². The summed E-state index contributed by atoms with van der Waals surface area (Å²) < 4.78 is 0. The lowest BCUT2D eigenvalue weighted by molar-refractivity contribution is 0.313. The van der Waals surface area contributed by atoms with E-state index in [0.717, 1.165) is 17.9 Å². The Labute approximate surface area is 82.9 Å². The zero-order chi connectivity index (χ0) is 10.3. The Morgan fingerprint density at radius 2 is 1.92 bits per heavy atom. The minimum Gasteiger partial charge on any atom is -0.392 e. The molecule has 0 radical (unpaired) electrons. The molecule has 1 nitrogen and oxygen atoms in total. The van der Waals surface area contributed by atoms with Crippen molar-refractivity contribution in [1.82, 2.24) is 0 Å². The first-order chi connectivity index (χ1) is 6.10. The largest absolute Gasteiger partial charge is 0.392 e. The van der Waals surface area contributed by atoms with Gasteiger partial charge < -0.3 is 5.11 Å². The van der Waals surface area contributed by atoms with Crippen LogP contribution in [0.2, 0.25) is 0 Å². The minimum atomic E-state index is 0.145. The van der Waals surface area contributed by atoms with Gasteiger partial charge in [-0.05, 0) is 24.7 Å². The van der Waals surface area contributed by atoms with E-state index in [-0.39, 0.29) is 6.61 Å². The van der Waals surface area contributed by atoms with Gasteiger partial charge in [-0.15, -0.1) is 0 Å². The van der Waals surface area contributed by atoms with Gasteiger partial charge in [-0.1, -0.05) is 45.8 Å². The van der Waals surface area contributed by atoms with Crippen LogP contribution in [0.15, 0.2) is 12.2 Å². The highest BCUT2D eigenvalue weighted by Crippen LogP contribution is 2.21. The van der Waals surface area contributed by atoms with Crippen LogP contribution >= 0.6 is 0 Å². The molecule has 13 heavy (non-hydrogen) atoms. The van der Waals surface area contributed by atoms with Crippen LogP contribution in [-0.2, 0) is 0 Å². The second-order valence-corrected chi connectivity index (χ2v) is 4.35. The summed E-state index contributed by atoms with van der Waals surface area (Å²) in [7, 11) is 0. The third-order valence-electron chi connectivity index (χ3n) is 2.45. The van der Waals surface area contributed by atoms with Crippen molar-refractivity contribution in [2.24, 2.45) is 11.8 Å². The Morgan fingerprint density at radius 1 is 1.31 bits per heavy atom. The fourth-order valence-corrected chi connectivity index (χ4v) is 1.94. The number of aliphatic hydroxyl groups excluding tert-OH is 1. The molecule has 0 heterocycles. The molecular formula is C12H24O. The second-order valence-electron chi connectivity index (χ2n) is 4.35. The van der Waals surface area contributed by atoms with Crippen molar-refractivity contribution in [1.29, 1.82) is 0 Å². The lowest BCUT2D eigenvalue weighted by Gasteiger charge is -2.16. The normalized spacial score (nSPS) is 15.4. The maximum absolute atomic E-state index is 8.82. The standard InChI is InChI=1S/C12H24O/c1-5-6-10(2)7-11(3)8-12(4)9-13/h10-11,13H,4-9H2,1-3H3. The first kappa shape index (κ1) is 12.7. The van der Waals surface area contributed by atoms with Gasteiger partial charge in [0.2, 0.25) is 0 Å². The predicted octanol–water partition coefficient (Wildman–Crippen LogP) is 3.39. The van der Waals surface area contributed by atoms with Crippen LogP contribution in [-0.4, -0.2) is 11.7 Å². The Morgan fingerprint density at radius 3 is 2.38 bits per heavy atom. The average molecular weight is 184 g/mol. The SMILES string of the molecule is C=C(CO)CC(C)CC(C)CCC. The van der Waals surface area contributed by atoms with Crippen LogP contribution in [0.3, 0.4) is 0 Å². The van der Waals surface area contributed by atoms with Crippen LogP contribution in [0.25, 0.3) is 0 Å². The molecule has 0 fully saturated rings. The van der Waals surface area contributed by atoms with Gasteiger partial charge in [0, 0.05) is 0 Å². The Bertz CT molecular complexity index is 140. The molecule has 78 valence electrons. The Hall–Kier alpha value is -0.300. The molecule has 0 rings (SSSR count). The molecule has 0 saturated carbocycles. The quantitative estimate of drug-likeness (QED) is 0.601. The molecule has 0 aromatic carbocycles. The summed E-state index contributed by atoms with van der Waals surface area (Å²) in [5.41, 5.74) is 0.969. The van der Waals surface area contributed by atoms with Crippen LogP contribution < -0.4 is 0 Å². The van der Waals surface area contributed by atoms with Crippen molar-refractivity contribution in [3.8, 4) is 0 Å². The molecule has 2 unspecified atom stereocenters. The summed E-state index contributed by atoms with van der Waals surface area (Å²) in [6.07, 6.45) is 4.82. The van der Waals surface area contributed by atoms with E-state index in [1.807, 2.05) is 0 Å². The fraction of sp³-hybridized carbons (Fsp3) is 0.833. The van der Waals surface area contributed by atoms with Crippen molar-refractivity contribution in [2.75, 3.05) is 6.61 Å². The van der Waals surface area contributed by atoms with Crippen LogP contribution in [0.1, 0.15) is 46.5 Å². The van der Waals surface area contributed by atoms with Crippen LogP contribution in [0, 0.1) is 11.8 Å². The molecule has 0 aliphatic carbocycles. The molecular weight excluding hydrogens is 160 g/mol. The molecule has 2 atom stereocenters. The first-order valence-electron chi connectivity index (χ1n) is 5.37. The minimum absolute atomic E-state index is 0.145. The lowest BCUT2D eigenvalue weighted by atomic mass is 9.90. The fourth-order valence-electron chi connectivity index (χ4n) is 1.94. The van der Waals surface area contributed by atoms with Crippen LogP contribution in [0.5, 0.6) is 0 Å². The zero-order valence-electron chi connectivity index (χ0n) is 9.34. The molecule has 0 aliphatic rings. The van der Waals surface area contributed by atoms with Gasteiger partial charge >= 0.3 is 0 Å². The highest BCUT2D eigenvalue weighted by molar-refractivity contribution is 4.94. The smallest absolute Gasteiger partial charge is 0.0639 e.